The van der Waals surface area contributed by atoms with E-state index in [1.807, 2.05) is 13.8 Å². The highest BCUT2D eigenvalue weighted by Gasteiger charge is 2.70. The predicted molar refractivity (Wildman–Crippen MR) is 150 cm³/mol. The number of para-hydroxylation sites is 2. The number of nitrogens with zero attached hydrogens (tertiary/aromatic N) is 3. The molecule has 3 aromatic carbocycles. The quantitative estimate of drug-likeness (QED) is 0.320. The lowest BCUT2D eigenvalue weighted by Gasteiger charge is -2.32. The van der Waals surface area contributed by atoms with Crippen molar-refractivity contribution in [1.82, 2.24) is 14.9 Å². The Morgan fingerprint density at radius 1 is 0.976 bits per heavy atom. The number of anilines is 1. The van der Waals surface area contributed by atoms with Gasteiger partial charge < -0.3 is 0 Å². The third-order valence-corrected chi connectivity index (χ3v) is 8.92. The molecule has 2 fully saturated rings. The van der Waals surface area contributed by atoms with Crippen LogP contribution < -0.4 is 15.8 Å². The maximum Gasteiger partial charge on any atom is 0.416 e. The monoisotopic (exact) mass is 592 g/mol. The minimum absolute atomic E-state index is 0.107. The zero-order chi connectivity index (χ0) is 29.7. The second kappa shape index (κ2) is 8.99. The summed E-state index contributed by atoms with van der Waals surface area (Å²) in [6, 6.07) is 16.1. The van der Waals surface area contributed by atoms with Gasteiger partial charge in [-0.3, -0.25) is 24.3 Å². The van der Waals surface area contributed by atoms with Crippen LogP contribution in [0.5, 0.6) is 0 Å². The number of rotatable bonds is 3. The summed E-state index contributed by atoms with van der Waals surface area (Å²) in [4.78, 5) is 48.3. The number of benzene rings is 3. The number of fused-ring (bicyclic) bond motifs is 8. The molecule has 0 aliphatic carbocycles. The molecule has 0 saturated carbocycles. The summed E-state index contributed by atoms with van der Waals surface area (Å²) < 4.78 is 42.5. The van der Waals surface area contributed by atoms with E-state index in [0.717, 1.165) is 23.1 Å². The average Bonchev–Trinajstić information content (AvgIpc) is 3.51. The van der Waals surface area contributed by atoms with Crippen molar-refractivity contribution in [3.63, 3.8) is 0 Å². The van der Waals surface area contributed by atoms with Crippen molar-refractivity contribution in [2.24, 2.45) is 17.8 Å². The zero-order valence-corrected chi connectivity index (χ0v) is 23.2. The minimum Gasteiger partial charge on any atom is -0.297 e. The molecule has 2 amide bonds. The summed E-state index contributed by atoms with van der Waals surface area (Å²) in [6.45, 7) is 3.97. The molecule has 7 rings (SSSR count). The zero-order valence-electron chi connectivity index (χ0n) is 22.4. The Kier molecular flexibility index (Phi) is 5.75. The topological polar surface area (TPSA) is 84.3 Å². The van der Waals surface area contributed by atoms with Gasteiger partial charge in [-0.15, -0.1) is 0 Å². The number of halogens is 4. The van der Waals surface area contributed by atoms with Crippen LogP contribution >= 0.6 is 11.6 Å². The minimum atomic E-state index is -4.71. The van der Waals surface area contributed by atoms with Crippen LogP contribution in [0.15, 0.2) is 71.5 Å². The smallest absolute Gasteiger partial charge is 0.297 e. The van der Waals surface area contributed by atoms with E-state index in [9.17, 15) is 27.6 Å². The lowest BCUT2D eigenvalue weighted by atomic mass is 9.75. The maximum absolute atomic E-state index is 14.5. The highest BCUT2D eigenvalue weighted by molar-refractivity contribution is 6.36. The number of carbonyl (C=O) groups is 2. The Morgan fingerprint density at radius 3 is 2.43 bits per heavy atom. The van der Waals surface area contributed by atoms with E-state index in [0.29, 0.717) is 28.6 Å². The van der Waals surface area contributed by atoms with Crippen LogP contribution in [0.1, 0.15) is 37.2 Å². The SMILES string of the molecule is CC(C)C[C@H]1N[C@]2(c3ccccc3-n3c2nc2ccccc2c3=O)[C@H]2C(=O)N(c3cc(C(F)(F)F)ccc3Cl)C(=O)[C@@H]12. The van der Waals surface area contributed by atoms with E-state index >= 15 is 0 Å². The molecule has 1 N–H and O–H groups in total. The first-order valence-electron chi connectivity index (χ1n) is 13.6. The van der Waals surface area contributed by atoms with E-state index in [2.05, 4.69) is 5.32 Å². The van der Waals surface area contributed by atoms with E-state index in [4.69, 9.17) is 16.6 Å². The fourth-order valence-corrected chi connectivity index (χ4v) is 7.23. The van der Waals surface area contributed by atoms with Gasteiger partial charge in [-0.2, -0.15) is 13.2 Å². The first-order valence-corrected chi connectivity index (χ1v) is 14.0. The summed E-state index contributed by atoms with van der Waals surface area (Å²) in [6.07, 6.45) is -4.22. The first-order chi connectivity index (χ1) is 19.9. The van der Waals surface area contributed by atoms with Gasteiger partial charge in [0.15, 0.2) is 0 Å². The number of imide groups is 1. The van der Waals surface area contributed by atoms with E-state index < -0.39 is 47.0 Å². The Hall–Kier alpha value is -4.02. The number of alkyl halides is 3. The Labute approximate surface area is 242 Å². The molecule has 214 valence electrons. The van der Waals surface area contributed by atoms with Gasteiger partial charge in [-0.1, -0.05) is 55.8 Å². The second-order valence-electron chi connectivity index (χ2n) is 11.5. The molecule has 2 saturated heterocycles. The summed E-state index contributed by atoms with van der Waals surface area (Å²) in [5.41, 5.74) is -1.49. The van der Waals surface area contributed by atoms with Crippen molar-refractivity contribution in [2.75, 3.05) is 4.90 Å². The molecule has 3 aliphatic heterocycles. The van der Waals surface area contributed by atoms with Gasteiger partial charge in [0.25, 0.3) is 5.56 Å². The molecule has 11 heteroatoms. The van der Waals surface area contributed by atoms with Gasteiger partial charge in [-0.25, -0.2) is 9.88 Å². The molecule has 4 atom stereocenters. The fourth-order valence-electron chi connectivity index (χ4n) is 7.03. The molecule has 0 bridgehead atoms. The van der Waals surface area contributed by atoms with E-state index in [-0.39, 0.29) is 28.0 Å². The Bertz CT molecular complexity index is 1890. The average molecular weight is 593 g/mol. The van der Waals surface area contributed by atoms with Gasteiger partial charge in [0.1, 0.15) is 11.4 Å². The summed E-state index contributed by atoms with van der Waals surface area (Å²) in [5.74, 6) is -2.99. The van der Waals surface area contributed by atoms with E-state index in [1.54, 1.807) is 48.5 Å². The molecular weight excluding hydrogens is 569 g/mol. The number of amides is 2. The molecule has 7 nitrogen and oxygen atoms in total. The standard InChI is InChI=1S/C31H24ClF3N4O3/c1-15(2)13-21-24-25(28(42)38(27(24)41)23-14-16(31(33,34)35)11-12-19(23)32)30(37-21)18-8-4-6-10-22(18)39-26(40)17-7-3-5-9-20(17)36-29(30)39/h3-12,14-15,21,24-25,37H,13H2,1-2H3/t21-,24+,25-,30-/m1/s1. The molecule has 1 spiro atoms. The number of hydrogen-bond donors (Lipinski definition) is 1. The number of aromatic nitrogens is 2. The lowest BCUT2D eigenvalue weighted by Crippen LogP contribution is -2.50. The van der Waals surface area contributed by atoms with Gasteiger partial charge >= 0.3 is 6.18 Å². The highest BCUT2D eigenvalue weighted by Crippen LogP contribution is 2.56. The summed E-state index contributed by atoms with van der Waals surface area (Å²) in [7, 11) is 0. The number of nitrogens with one attached hydrogen (secondary N) is 1. The van der Waals surface area contributed by atoms with Crippen LogP contribution in [0.4, 0.5) is 18.9 Å². The predicted octanol–water partition coefficient (Wildman–Crippen LogP) is 5.44. The van der Waals surface area contributed by atoms with Crippen molar-refractivity contribution < 1.29 is 22.8 Å². The molecule has 0 radical (unpaired) electrons. The fraction of sp³-hybridized carbons (Fsp3) is 0.290. The molecule has 3 aliphatic rings. The summed E-state index contributed by atoms with van der Waals surface area (Å²) >= 11 is 6.35. The summed E-state index contributed by atoms with van der Waals surface area (Å²) in [5, 5.41) is 3.83. The molecular formula is C31H24ClF3N4O3. The maximum atomic E-state index is 14.5. The van der Waals surface area contributed by atoms with Crippen LogP contribution in [-0.4, -0.2) is 27.4 Å². The van der Waals surface area contributed by atoms with Crippen molar-refractivity contribution in [1.29, 1.82) is 0 Å². The van der Waals surface area contributed by atoms with Crippen LogP contribution in [0.3, 0.4) is 0 Å². The van der Waals surface area contributed by atoms with Gasteiger partial charge in [0, 0.05) is 11.6 Å². The normalized spacial score (nSPS) is 24.6. The molecule has 1 aromatic heterocycles. The number of hydrogen-bond acceptors (Lipinski definition) is 5. The van der Waals surface area contributed by atoms with Crippen LogP contribution in [0, 0.1) is 17.8 Å². The van der Waals surface area contributed by atoms with E-state index in [1.165, 1.54) is 4.57 Å². The van der Waals surface area contributed by atoms with Gasteiger partial charge in [0.2, 0.25) is 11.8 Å². The number of carbonyl (C=O) groups excluding carboxylic acids is 2. The van der Waals surface area contributed by atoms with Gasteiger partial charge in [-0.05, 0) is 48.7 Å². The molecule has 4 heterocycles. The molecule has 4 aromatic rings. The van der Waals surface area contributed by atoms with Crippen molar-refractivity contribution >= 4 is 40.0 Å². The second-order valence-corrected chi connectivity index (χ2v) is 11.9. The van der Waals surface area contributed by atoms with Crippen LogP contribution in [0.2, 0.25) is 5.02 Å². The largest absolute Gasteiger partial charge is 0.416 e. The third-order valence-electron chi connectivity index (χ3n) is 8.60. The molecule has 0 unspecified atom stereocenters. The lowest BCUT2D eigenvalue weighted by molar-refractivity contribution is -0.137. The first kappa shape index (κ1) is 26.9. The van der Waals surface area contributed by atoms with Crippen LogP contribution in [-0.2, 0) is 21.3 Å². The van der Waals surface area contributed by atoms with Crippen molar-refractivity contribution in [3.05, 3.63) is 99.1 Å². The molecule has 42 heavy (non-hydrogen) atoms. The van der Waals surface area contributed by atoms with Crippen molar-refractivity contribution in [3.8, 4) is 5.69 Å². The highest BCUT2D eigenvalue weighted by atomic mass is 35.5. The third kappa shape index (κ3) is 3.51. The Morgan fingerprint density at radius 2 is 1.69 bits per heavy atom. The van der Waals surface area contributed by atoms with Gasteiger partial charge in [0.05, 0.1) is 44.7 Å². The Balaban J connectivity index is 1.50. The van der Waals surface area contributed by atoms with Crippen molar-refractivity contribution in [2.45, 2.75) is 38.0 Å². The van der Waals surface area contributed by atoms with Crippen LogP contribution in [0.25, 0.3) is 16.6 Å².